The first-order valence-corrected chi connectivity index (χ1v) is 15.5. The van der Waals surface area contributed by atoms with Crippen molar-refractivity contribution in [3.63, 3.8) is 0 Å². The maximum Gasteiger partial charge on any atom is 0.160 e. The zero-order valence-electron chi connectivity index (χ0n) is 26.3. The van der Waals surface area contributed by atoms with Gasteiger partial charge in [-0.3, -0.25) is 0 Å². The van der Waals surface area contributed by atoms with Gasteiger partial charge in [0.2, 0.25) is 0 Å². The fourth-order valence-corrected chi connectivity index (χ4v) is 5.97. The van der Waals surface area contributed by atoms with Crippen LogP contribution in [-0.2, 0) is 0 Å². The zero-order valence-corrected chi connectivity index (χ0v) is 26.3. The SMILES string of the molecule is C=C/C=C(\C=C/C)c1c2ccccc2c(-c2cccc(C(=C)/N=C(\N=C(/C)c3ccccc3)c3ccccc3)c2)c2ccccc12. The molecule has 222 valence electrons. The molecule has 0 aliphatic carbocycles. The number of amidine groups is 1. The summed E-state index contributed by atoms with van der Waals surface area (Å²) in [6.07, 6.45) is 8.18. The Morgan fingerprint density at radius 2 is 1.15 bits per heavy atom. The highest BCUT2D eigenvalue weighted by atomic mass is 14.9. The highest BCUT2D eigenvalue weighted by molar-refractivity contribution is 6.19. The van der Waals surface area contributed by atoms with Crippen molar-refractivity contribution in [3.05, 3.63) is 193 Å². The Labute approximate surface area is 271 Å². The first kappa shape index (κ1) is 30.2. The molecular formula is C44H36N2. The highest BCUT2D eigenvalue weighted by Crippen LogP contribution is 2.42. The molecule has 46 heavy (non-hydrogen) atoms. The number of aliphatic imine (C=N–C) groups is 2. The number of nitrogens with zero attached hydrogens (tertiary/aromatic N) is 2. The first-order valence-electron chi connectivity index (χ1n) is 15.5. The summed E-state index contributed by atoms with van der Waals surface area (Å²) in [5, 5.41) is 4.77. The molecule has 0 radical (unpaired) electrons. The van der Waals surface area contributed by atoms with Crippen molar-refractivity contribution in [1.29, 1.82) is 0 Å². The lowest BCUT2D eigenvalue weighted by Crippen LogP contribution is -2.04. The minimum atomic E-state index is 0.628. The largest absolute Gasteiger partial charge is 0.233 e. The van der Waals surface area contributed by atoms with Crippen LogP contribution < -0.4 is 0 Å². The van der Waals surface area contributed by atoms with Crippen molar-refractivity contribution >= 4 is 44.4 Å². The minimum Gasteiger partial charge on any atom is -0.233 e. The van der Waals surface area contributed by atoms with E-state index in [1.807, 2.05) is 68.5 Å². The molecule has 2 nitrogen and oxygen atoms in total. The fourth-order valence-electron chi connectivity index (χ4n) is 5.97. The normalized spacial score (nSPS) is 12.6. The van der Waals surface area contributed by atoms with E-state index in [1.54, 1.807) is 0 Å². The van der Waals surface area contributed by atoms with Crippen LogP contribution in [0.3, 0.4) is 0 Å². The third-order valence-electron chi connectivity index (χ3n) is 8.09. The second-order valence-corrected chi connectivity index (χ2v) is 11.1. The summed E-state index contributed by atoms with van der Waals surface area (Å²) in [6, 6.07) is 46.1. The number of allylic oxidation sites excluding steroid dienone is 5. The van der Waals surface area contributed by atoms with Gasteiger partial charge in [-0.25, -0.2) is 9.98 Å². The van der Waals surface area contributed by atoms with Crippen LogP contribution in [0.15, 0.2) is 181 Å². The predicted molar refractivity (Wildman–Crippen MR) is 201 cm³/mol. The summed E-state index contributed by atoms with van der Waals surface area (Å²) in [4.78, 5) is 10.0. The quantitative estimate of drug-likeness (QED) is 0.0727. The van der Waals surface area contributed by atoms with Gasteiger partial charge in [-0.1, -0.05) is 165 Å². The molecule has 0 aliphatic heterocycles. The van der Waals surface area contributed by atoms with E-state index in [-0.39, 0.29) is 0 Å². The summed E-state index contributed by atoms with van der Waals surface area (Å²) in [5.74, 6) is 0.628. The van der Waals surface area contributed by atoms with Gasteiger partial charge in [-0.15, -0.1) is 0 Å². The van der Waals surface area contributed by atoms with Crippen LogP contribution >= 0.6 is 0 Å². The van der Waals surface area contributed by atoms with Crippen LogP contribution in [-0.4, -0.2) is 11.5 Å². The van der Waals surface area contributed by atoms with Gasteiger partial charge in [0.1, 0.15) is 0 Å². The summed E-state index contributed by atoms with van der Waals surface area (Å²) in [6.45, 7) is 12.5. The molecular weight excluding hydrogens is 556 g/mol. The van der Waals surface area contributed by atoms with Gasteiger partial charge in [0, 0.05) is 16.8 Å². The third-order valence-corrected chi connectivity index (χ3v) is 8.09. The maximum absolute atomic E-state index is 5.03. The molecule has 0 aliphatic rings. The topological polar surface area (TPSA) is 24.7 Å². The Hall–Kier alpha value is -5.86. The van der Waals surface area contributed by atoms with Crippen molar-refractivity contribution in [2.75, 3.05) is 0 Å². The number of rotatable bonds is 8. The molecule has 0 aromatic heterocycles. The van der Waals surface area contributed by atoms with Gasteiger partial charge >= 0.3 is 0 Å². The van der Waals surface area contributed by atoms with E-state index in [4.69, 9.17) is 9.98 Å². The first-order chi connectivity index (χ1) is 22.6. The Balaban J connectivity index is 1.52. The van der Waals surface area contributed by atoms with Gasteiger partial charge in [-0.05, 0) is 69.3 Å². The second-order valence-electron chi connectivity index (χ2n) is 11.1. The molecule has 0 unspecified atom stereocenters. The molecule has 6 aromatic rings. The molecule has 2 heteroatoms. The average Bonchev–Trinajstić information content (AvgIpc) is 3.11. The van der Waals surface area contributed by atoms with Gasteiger partial charge in [-0.2, -0.15) is 0 Å². The zero-order chi connectivity index (χ0) is 31.9. The maximum atomic E-state index is 5.03. The van der Waals surface area contributed by atoms with E-state index in [1.165, 1.54) is 32.7 Å². The minimum absolute atomic E-state index is 0.628. The summed E-state index contributed by atoms with van der Waals surface area (Å²) in [7, 11) is 0. The smallest absolute Gasteiger partial charge is 0.160 e. The second kappa shape index (κ2) is 13.8. The van der Waals surface area contributed by atoms with Crippen LogP contribution in [0.4, 0.5) is 0 Å². The molecule has 0 saturated carbocycles. The van der Waals surface area contributed by atoms with Gasteiger partial charge < -0.3 is 0 Å². The summed E-state index contributed by atoms with van der Waals surface area (Å²) < 4.78 is 0. The van der Waals surface area contributed by atoms with Crippen LogP contribution in [0.2, 0.25) is 0 Å². The van der Waals surface area contributed by atoms with E-state index in [2.05, 4.69) is 116 Å². The van der Waals surface area contributed by atoms with E-state index in [0.717, 1.165) is 33.5 Å². The Kier molecular flexibility index (Phi) is 9.08. The van der Waals surface area contributed by atoms with Crippen LogP contribution in [0.25, 0.3) is 43.9 Å². The average molecular weight is 593 g/mol. The van der Waals surface area contributed by atoms with Crippen molar-refractivity contribution < 1.29 is 0 Å². The molecule has 6 aromatic carbocycles. The standard InChI is InChI=1S/C44H36N2/c1-5-18-34(19-6-2)42-38-26-13-15-28-40(38)43(41-29-16-14-27-39(41)42)37-25-17-24-36(30-37)32(4)46-44(35-22-11-8-12-23-35)45-31(3)33-20-9-7-10-21-33/h5-30H,1,4H2,2-3H3/b19-6-,34-18+,45-31+,46-44-. The molecule has 0 saturated heterocycles. The molecule has 0 N–H and O–H groups in total. The van der Waals surface area contributed by atoms with E-state index >= 15 is 0 Å². The molecule has 6 rings (SSSR count). The Bertz CT molecular complexity index is 2120. The summed E-state index contributed by atoms with van der Waals surface area (Å²) in [5.41, 5.74) is 9.12. The lowest BCUT2D eigenvalue weighted by molar-refractivity contribution is 1.44. The number of fused-ring (bicyclic) bond motifs is 2. The molecule has 0 atom stereocenters. The van der Waals surface area contributed by atoms with Crippen LogP contribution in [0.1, 0.15) is 36.1 Å². The number of hydrogen-bond donors (Lipinski definition) is 0. The van der Waals surface area contributed by atoms with Crippen LogP contribution in [0.5, 0.6) is 0 Å². The van der Waals surface area contributed by atoms with E-state index < -0.39 is 0 Å². The van der Waals surface area contributed by atoms with Crippen LogP contribution in [0, 0.1) is 0 Å². The lowest BCUT2D eigenvalue weighted by Gasteiger charge is -2.18. The van der Waals surface area contributed by atoms with E-state index in [0.29, 0.717) is 11.5 Å². The molecule has 0 amide bonds. The molecule has 0 heterocycles. The summed E-state index contributed by atoms with van der Waals surface area (Å²) >= 11 is 0. The highest BCUT2D eigenvalue weighted by Gasteiger charge is 2.17. The predicted octanol–water partition coefficient (Wildman–Crippen LogP) is 11.7. The van der Waals surface area contributed by atoms with Gasteiger partial charge in [0.05, 0.1) is 5.70 Å². The molecule has 0 spiro atoms. The van der Waals surface area contributed by atoms with Crippen molar-refractivity contribution in [3.8, 4) is 11.1 Å². The Morgan fingerprint density at radius 3 is 1.74 bits per heavy atom. The van der Waals surface area contributed by atoms with E-state index in [9.17, 15) is 0 Å². The monoisotopic (exact) mass is 592 g/mol. The molecule has 0 fully saturated rings. The number of benzene rings is 6. The third kappa shape index (κ3) is 6.20. The Morgan fingerprint density at radius 1 is 0.609 bits per heavy atom. The number of hydrogen-bond acceptors (Lipinski definition) is 1. The van der Waals surface area contributed by atoms with Crippen molar-refractivity contribution in [1.82, 2.24) is 0 Å². The molecule has 0 bridgehead atoms. The van der Waals surface area contributed by atoms with Gasteiger partial charge in [0.25, 0.3) is 0 Å². The van der Waals surface area contributed by atoms with Crippen molar-refractivity contribution in [2.45, 2.75) is 13.8 Å². The van der Waals surface area contributed by atoms with Gasteiger partial charge in [0.15, 0.2) is 5.84 Å². The lowest BCUT2D eigenvalue weighted by atomic mass is 9.85. The van der Waals surface area contributed by atoms with Crippen molar-refractivity contribution in [2.24, 2.45) is 9.98 Å². The fraction of sp³-hybridized carbons (Fsp3) is 0.0455.